The third-order valence-electron chi connectivity index (χ3n) is 1.75. The zero-order valence-electron chi connectivity index (χ0n) is 8.91. The minimum Gasteiger partial charge on any atom is -0.378 e. The molecule has 0 saturated heterocycles. The van der Waals surface area contributed by atoms with Crippen molar-refractivity contribution in [3.8, 4) is 17.9 Å². The van der Waals surface area contributed by atoms with Crippen LogP contribution in [0.25, 0.3) is 0 Å². The van der Waals surface area contributed by atoms with Gasteiger partial charge in [0.2, 0.25) is 0 Å². The maximum atomic E-state index is 9.40. The van der Waals surface area contributed by atoms with Gasteiger partial charge in [-0.25, -0.2) is 0 Å². The van der Waals surface area contributed by atoms with Gasteiger partial charge in [-0.2, -0.15) is 5.26 Å². The zero-order chi connectivity index (χ0) is 11.3. The van der Waals surface area contributed by atoms with E-state index in [1.54, 1.807) is 13.8 Å². The molecule has 1 rings (SSSR count). The van der Waals surface area contributed by atoms with E-state index in [1.165, 1.54) is 0 Å². The lowest BCUT2D eigenvalue weighted by molar-refractivity contribution is 0.143. The van der Waals surface area contributed by atoms with Crippen molar-refractivity contribution in [1.82, 2.24) is 0 Å². The number of benzene rings is 1. The third kappa shape index (κ3) is 4.31. The highest BCUT2D eigenvalue weighted by atomic mass is 16.3. The normalized spacial score (nSPS) is 10.0. The summed E-state index contributed by atoms with van der Waals surface area (Å²) in [6.07, 6.45) is 0.416. The van der Waals surface area contributed by atoms with Crippen LogP contribution in [0.2, 0.25) is 0 Å². The van der Waals surface area contributed by atoms with Gasteiger partial charge in [0.15, 0.2) is 0 Å². The predicted molar refractivity (Wildman–Crippen MR) is 58.9 cm³/mol. The third-order valence-corrected chi connectivity index (χ3v) is 1.75. The van der Waals surface area contributed by atoms with Crippen LogP contribution in [0.15, 0.2) is 24.3 Å². The number of aliphatic hydroxyl groups is 1. The molecule has 1 aromatic carbocycles. The molecule has 0 radical (unpaired) electrons. The van der Waals surface area contributed by atoms with Crippen LogP contribution in [0.3, 0.4) is 0 Å². The molecule has 0 aliphatic heterocycles. The molecule has 2 heteroatoms. The van der Waals surface area contributed by atoms with Gasteiger partial charge in [0.25, 0.3) is 0 Å². The SMILES string of the molecule is CC(C)(O)C#Cc1ccc(CC#N)cc1. The fraction of sp³-hybridized carbons (Fsp3) is 0.308. The van der Waals surface area contributed by atoms with Crippen LogP contribution in [-0.4, -0.2) is 10.7 Å². The second kappa shape index (κ2) is 4.64. The minimum atomic E-state index is -0.967. The number of nitrogens with zero attached hydrogens (tertiary/aromatic N) is 1. The summed E-state index contributed by atoms with van der Waals surface area (Å²) in [5, 5.41) is 17.9. The molecule has 0 amide bonds. The van der Waals surface area contributed by atoms with Gasteiger partial charge in [0, 0.05) is 5.56 Å². The molecule has 1 aromatic rings. The molecule has 15 heavy (non-hydrogen) atoms. The molecule has 0 atom stereocenters. The molecular weight excluding hydrogens is 186 g/mol. The second-order valence-electron chi connectivity index (χ2n) is 3.84. The first kappa shape index (κ1) is 11.3. The Morgan fingerprint density at radius 3 is 2.33 bits per heavy atom. The molecule has 0 aliphatic carbocycles. The fourth-order valence-electron chi connectivity index (χ4n) is 1.02. The van der Waals surface area contributed by atoms with E-state index >= 15 is 0 Å². The summed E-state index contributed by atoms with van der Waals surface area (Å²) in [6.45, 7) is 3.29. The van der Waals surface area contributed by atoms with Crippen LogP contribution >= 0.6 is 0 Å². The molecule has 2 nitrogen and oxygen atoms in total. The van der Waals surface area contributed by atoms with E-state index in [-0.39, 0.29) is 0 Å². The van der Waals surface area contributed by atoms with Crippen molar-refractivity contribution in [3.05, 3.63) is 35.4 Å². The lowest BCUT2D eigenvalue weighted by atomic mass is 10.1. The maximum Gasteiger partial charge on any atom is 0.120 e. The van der Waals surface area contributed by atoms with Crippen molar-refractivity contribution in [2.75, 3.05) is 0 Å². The molecule has 0 aromatic heterocycles. The smallest absolute Gasteiger partial charge is 0.120 e. The molecule has 0 heterocycles. The van der Waals surface area contributed by atoms with Crippen LogP contribution in [0, 0.1) is 23.2 Å². The first-order valence-electron chi connectivity index (χ1n) is 4.73. The molecular formula is C13H13NO. The van der Waals surface area contributed by atoms with Crippen LogP contribution in [0.5, 0.6) is 0 Å². The van der Waals surface area contributed by atoms with Crippen LogP contribution in [0.4, 0.5) is 0 Å². The Balaban J connectivity index is 2.81. The Bertz CT molecular complexity index is 421. The predicted octanol–water partition coefficient (Wildman–Crippen LogP) is 1.88. The zero-order valence-corrected chi connectivity index (χ0v) is 8.91. The summed E-state index contributed by atoms with van der Waals surface area (Å²) in [5.74, 6) is 5.60. The molecule has 0 unspecified atom stereocenters. The number of rotatable bonds is 1. The topological polar surface area (TPSA) is 44.0 Å². The van der Waals surface area contributed by atoms with E-state index in [4.69, 9.17) is 5.26 Å². The average molecular weight is 199 g/mol. The summed E-state index contributed by atoms with van der Waals surface area (Å²) < 4.78 is 0. The minimum absolute atomic E-state index is 0.416. The largest absolute Gasteiger partial charge is 0.378 e. The summed E-state index contributed by atoms with van der Waals surface area (Å²) in [6, 6.07) is 9.53. The van der Waals surface area contributed by atoms with E-state index in [0.717, 1.165) is 11.1 Å². The Hall–Kier alpha value is -1.77. The monoisotopic (exact) mass is 199 g/mol. The van der Waals surface area contributed by atoms with Crippen LogP contribution < -0.4 is 0 Å². The van der Waals surface area contributed by atoms with Crippen molar-refractivity contribution in [3.63, 3.8) is 0 Å². The Kier molecular flexibility index (Phi) is 3.50. The lowest BCUT2D eigenvalue weighted by Gasteiger charge is -2.05. The highest BCUT2D eigenvalue weighted by molar-refractivity contribution is 5.38. The second-order valence-corrected chi connectivity index (χ2v) is 3.84. The summed E-state index contributed by atoms with van der Waals surface area (Å²) in [7, 11) is 0. The van der Waals surface area contributed by atoms with Crippen molar-refractivity contribution in [2.45, 2.75) is 25.9 Å². The average Bonchev–Trinajstić information content (AvgIpc) is 2.16. The van der Waals surface area contributed by atoms with Gasteiger partial charge in [-0.3, -0.25) is 0 Å². The molecule has 0 bridgehead atoms. The first-order chi connectivity index (χ1) is 7.01. The van der Waals surface area contributed by atoms with E-state index in [1.807, 2.05) is 24.3 Å². The molecule has 0 aliphatic rings. The highest BCUT2D eigenvalue weighted by Crippen LogP contribution is 2.04. The van der Waals surface area contributed by atoms with Gasteiger partial charge in [-0.05, 0) is 31.5 Å². The van der Waals surface area contributed by atoms with E-state index in [9.17, 15) is 5.11 Å². The van der Waals surface area contributed by atoms with E-state index in [0.29, 0.717) is 6.42 Å². The summed E-state index contributed by atoms with van der Waals surface area (Å²) in [4.78, 5) is 0. The molecule has 0 spiro atoms. The Labute approximate surface area is 90.2 Å². The maximum absolute atomic E-state index is 9.40. The number of hydrogen-bond donors (Lipinski definition) is 1. The Morgan fingerprint density at radius 2 is 1.87 bits per heavy atom. The fourth-order valence-corrected chi connectivity index (χ4v) is 1.02. The van der Waals surface area contributed by atoms with Crippen LogP contribution in [0.1, 0.15) is 25.0 Å². The molecule has 1 N–H and O–H groups in total. The van der Waals surface area contributed by atoms with Gasteiger partial charge >= 0.3 is 0 Å². The highest BCUT2D eigenvalue weighted by Gasteiger charge is 2.05. The summed E-state index contributed by atoms with van der Waals surface area (Å²) >= 11 is 0. The van der Waals surface area contributed by atoms with Gasteiger partial charge < -0.3 is 5.11 Å². The van der Waals surface area contributed by atoms with E-state index < -0.39 is 5.60 Å². The molecule has 76 valence electrons. The molecule has 0 saturated carbocycles. The van der Waals surface area contributed by atoms with Gasteiger partial charge in [0.1, 0.15) is 5.60 Å². The van der Waals surface area contributed by atoms with Crippen molar-refractivity contribution in [1.29, 1.82) is 5.26 Å². The van der Waals surface area contributed by atoms with E-state index in [2.05, 4.69) is 17.9 Å². The number of hydrogen-bond acceptors (Lipinski definition) is 2. The van der Waals surface area contributed by atoms with Crippen LogP contribution in [-0.2, 0) is 6.42 Å². The van der Waals surface area contributed by atoms with Gasteiger partial charge in [-0.15, -0.1) is 0 Å². The Morgan fingerprint density at radius 1 is 1.27 bits per heavy atom. The van der Waals surface area contributed by atoms with Crippen molar-refractivity contribution >= 4 is 0 Å². The summed E-state index contributed by atoms with van der Waals surface area (Å²) in [5.41, 5.74) is 0.857. The van der Waals surface area contributed by atoms with Gasteiger partial charge in [0.05, 0.1) is 12.5 Å². The lowest BCUT2D eigenvalue weighted by Crippen LogP contribution is -2.14. The first-order valence-corrected chi connectivity index (χ1v) is 4.73. The molecule has 0 fully saturated rings. The quantitative estimate of drug-likeness (QED) is 0.702. The van der Waals surface area contributed by atoms with Crippen molar-refractivity contribution in [2.24, 2.45) is 0 Å². The standard InChI is InChI=1S/C13H13NO/c1-13(2,15)9-7-11-3-5-12(6-4-11)8-10-14/h3-6,15H,8H2,1-2H3. The number of nitriles is 1. The van der Waals surface area contributed by atoms with Gasteiger partial charge in [-0.1, -0.05) is 24.0 Å². The van der Waals surface area contributed by atoms with Crippen molar-refractivity contribution < 1.29 is 5.11 Å².